The van der Waals surface area contributed by atoms with Crippen molar-refractivity contribution in [3.63, 3.8) is 0 Å². The molecule has 0 rings (SSSR count). The van der Waals surface area contributed by atoms with Gasteiger partial charge in [-0.05, 0) is 13.8 Å². The van der Waals surface area contributed by atoms with E-state index in [1.54, 1.807) is 13.8 Å². The fourth-order valence-corrected chi connectivity index (χ4v) is 0.507. The zero-order chi connectivity index (χ0) is 14.6. The molecule has 9 heteroatoms. The number of carbonyl (C=O) groups is 2. The van der Waals surface area contributed by atoms with Crippen LogP contribution in [-0.4, -0.2) is 52.0 Å². The van der Waals surface area contributed by atoms with Gasteiger partial charge in [0.05, 0.1) is 25.2 Å². The maximum absolute atomic E-state index is 9.73. The molecule has 0 saturated carbocycles. The van der Waals surface area contributed by atoms with Crippen molar-refractivity contribution in [2.75, 3.05) is 27.4 Å². The third kappa shape index (κ3) is 23.0. The fraction of sp³-hybridized carbons (Fsp3) is 0.800. The van der Waals surface area contributed by atoms with E-state index in [1.807, 2.05) is 0 Å². The molecular weight excluding hydrogens is 313 g/mol. The van der Waals surface area contributed by atoms with Gasteiger partial charge in [0.25, 0.3) is 0 Å². The molecule has 0 aromatic rings. The summed E-state index contributed by atoms with van der Waals surface area (Å²) in [5.74, 6) is -2.47. The first kappa shape index (κ1) is 23.5. The van der Waals surface area contributed by atoms with Gasteiger partial charge in [0, 0.05) is 14.2 Å². The molecule has 0 bridgehead atoms. The molecule has 108 valence electrons. The first-order valence-corrected chi connectivity index (χ1v) is 5.01. The molecule has 19 heavy (non-hydrogen) atoms. The maximum Gasteiger partial charge on any atom is 2.00 e. The van der Waals surface area contributed by atoms with E-state index in [0.29, 0.717) is 0 Å². The molecule has 0 aromatic heterocycles. The third-order valence-corrected chi connectivity index (χ3v) is 1.54. The Balaban J connectivity index is -0.000000256. The number of hydrogen-bond donors (Lipinski definition) is 0. The molecule has 0 aliphatic rings. The van der Waals surface area contributed by atoms with Crippen LogP contribution in [0, 0.1) is 0 Å². The normalized spacial score (nSPS) is 12.4. The van der Waals surface area contributed by atoms with Gasteiger partial charge in [-0.3, -0.25) is 0 Å². The van der Waals surface area contributed by atoms with E-state index in [1.165, 1.54) is 14.2 Å². The average Bonchev–Trinajstić information content (AvgIpc) is 2.33. The Morgan fingerprint density at radius 2 is 1.16 bits per heavy atom. The minimum absolute atomic E-state index is 0. The minimum Gasteiger partial charge on any atom is -0.548 e. The van der Waals surface area contributed by atoms with Gasteiger partial charge in [-0.25, -0.2) is 0 Å². The standard InChI is InChI=1S/2C5H10O4.Zn/c2*1-4(8-2)9-3-5(6)7;/h2*4H,3H2,1-2H3,(H,6,7);/q;;+2/p-2. The number of aliphatic carboxylic acids is 2. The summed E-state index contributed by atoms with van der Waals surface area (Å²) < 4.78 is 18.3. The van der Waals surface area contributed by atoms with Crippen LogP contribution in [0.3, 0.4) is 0 Å². The molecule has 8 nitrogen and oxygen atoms in total. The molecule has 0 amide bonds. The van der Waals surface area contributed by atoms with E-state index in [-0.39, 0.29) is 19.5 Å². The quantitative estimate of drug-likeness (QED) is 0.353. The summed E-state index contributed by atoms with van der Waals surface area (Å²) in [7, 11) is 2.86. The van der Waals surface area contributed by atoms with Crippen LogP contribution in [-0.2, 0) is 48.0 Å². The SMILES string of the molecule is COC(C)OCC(=O)[O-].COC(C)OCC(=O)[O-].[Zn+2]. The molecule has 0 radical (unpaired) electrons. The van der Waals surface area contributed by atoms with Crippen LogP contribution in [0.15, 0.2) is 0 Å². The molecule has 0 aliphatic heterocycles. The van der Waals surface area contributed by atoms with Crippen molar-refractivity contribution >= 4 is 11.9 Å². The maximum atomic E-state index is 9.73. The molecule has 0 spiro atoms. The Bertz CT molecular complexity index is 212. The van der Waals surface area contributed by atoms with Gasteiger partial charge in [-0.2, -0.15) is 0 Å². The Labute approximate surface area is 124 Å². The summed E-state index contributed by atoms with van der Waals surface area (Å²) in [4.78, 5) is 19.5. The summed E-state index contributed by atoms with van der Waals surface area (Å²) in [6.45, 7) is 2.36. The van der Waals surface area contributed by atoms with E-state index >= 15 is 0 Å². The largest absolute Gasteiger partial charge is 2.00 e. The van der Waals surface area contributed by atoms with Crippen molar-refractivity contribution < 1.29 is 58.2 Å². The van der Waals surface area contributed by atoms with Crippen LogP contribution in [0.4, 0.5) is 0 Å². The summed E-state index contributed by atoms with van der Waals surface area (Å²) in [5.41, 5.74) is 0. The van der Waals surface area contributed by atoms with Gasteiger partial charge >= 0.3 is 19.5 Å². The number of carbonyl (C=O) groups excluding carboxylic acids is 2. The zero-order valence-electron chi connectivity index (χ0n) is 11.5. The second-order valence-corrected chi connectivity index (χ2v) is 2.97. The predicted octanol–water partition coefficient (Wildman–Crippen LogP) is -2.51. The van der Waals surface area contributed by atoms with Crippen molar-refractivity contribution in [3.05, 3.63) is 0 Å². The summed E-state index contributed by atoms with van der Waals surface area (Å²) in [6.07, 6.45) is -0.967. The number of rotatable bonds is 8. The number of carboxylic acid groups (broad SMARTS) is 2. The Hall–Kier alpha value is -0.597. The predicted molar refractivity (Wildman–Crippen MR) is 54.9 cm³/mol. The Morgan fingerprint density at radius 3 is 1.32 bits per heavy atom. The van der Waals surface area contributed by atoms with Crippen molar-refractivity contribution in [1.82, 2.24) is 0 Å². The molecule has 2 unspecified atom stereocenters. The molecular formula is C10H18O8Zn. The second-order valence-electron chi connectivity index (χ2n) is 2.97. The van der Waals surface area contributed by atoms with Gasteiger partial charge in [0.15, 0.2) is 12.6 Å². The molecule has 0 N–H and O–H groups in total. The van der Waals surface area contributed by atoms with Gasteiger partial charge < -0.3 is 38.7 Å². The molecule has 0 aliphatic carbocycles. The molecule has 2 atom stereocenters. The summed E-state index contributed by atoms with van der Waals surface area (Å²) in [6, 6.07) is 0. The fourth-order valence-electron chi connectivity index (χ4n) is 0.507. The average molecular weight is 332 g/mol. The first-order valence-electron chi connectivity index (χ1n) is 5.01. The van der Waals surface area contributed by atoms with E-state index in [9.17, 15) is 19.8 Å². The van der Waals surface area contributed by atoms with Crippen LogP contribution in [0.25, 0.3) is 0 Å². The van der Waals surface area contributed by atoms with Crippen molar-refractivity contribution in [2.24, 2.45) is 0 Å². The third-order valence-electron chi connectivity index (χ3n) is 1.54. The summed E-state index contributed by atoms with van der Waals surface area (Å²) in [5, 5.41) is 19.5. The number of carboxylic acids is 2. The van der Waals surface area contributed by atoms with Gasteiger partial charge in [0.2, 0.25) is 0 Å². The van der Waals surface area contributed by atoms with Crippen LogP contribution in [0.1, 0.15) is 13.8 Å². The second kappa shape index (κ2) is 15.5. The molecule has 0 saturated heterocycles. The van der Waals surface area contributed by atoms with E-state index in [4.69, 9.17) is 0 Å². The van der Waals surface area contributed by atoms with Crippen molar-refractivity contribution in [1.29, 1.82) is 0 Å². The monoisotopic (exact) mass is 330 g/mol. The van der Waals surface area contributed by atoms with Crippen LogP contribution < -0.4 is 10.2 Å². The van der Waals surface area contributed by atoms with Gasteiger partial charge in [0.1, 0.15) is 0 Å². The van der Waals surface area contributed by atoms with E-state index in [0.717, 1.165) is 0 Å². The Kier molecular flexibility index (Phi) is 19.1. The van der Waals surface area contributed by atoms with E-state index in [2.05, 4.69) is 18.9 Å². The Morgan fingerprint density at radius 1 is 0.895 bits per heavy atom. The zero-order valence-corrected chi connectivity index (χ0v) is 14.5. The van der Waals surface area contributed by atoms with Gasteiger partial charge in [-0.15, -0.1) is 0 Å². The van der Waals surface area contributed by atoms with Crippen LogP contribution in [0.2, 0.25) is 0 Å². The van der Waals surface area contributed by atoms with Crippen LogP contribution in [0.5, 0.6) is 0 Å². The molecule has 0 heterocycles. The minimum atomic E-state index is -1.24. The topological polar surface area (TPSA) is 117 Å². The van der Waals surface area contributed by atoms with Crippen molar-refractivity contribution in [2.45, 2.75) is 26.4 Å². The number of methoxy groups -OCH3 is 2. The van der Waals surface area contributed by atoms with Crippen LogP contribution >= 0.6 is 0 Å². The summed E-state index contributed by atoms with van der Waals surface area (Å²) >= 11 is 0. The molecule has 0 aromatic carbocycles. The number of ether oxygens (including phenoxy) is 4. The molecule has 0 fully saturated rings. The van der Waals surface area contributed by atoms with Crippen molar-refractivity contribution in [3.8, 4) is 0 Å². The van der Waals surface area contributed by atoms with Gasteiger partial charge in [-0.1, -0.05) is 0 Å². The first-order chi connectivity index (χ1) is 8.33. The number of hydrogen-bond acceptors (Lipinski definition) is 8. The smallest absolute Gasteiger partial charge is 0.548 e. The van der Waals surface area contributed by atoms with E-state index < -0.39 is 37.7 Å².